The topological polar surface area (TPSA) is 52.0 Å². The van der Waals surface area contributed by atoms with Crippen LogP contribution in [0.4, 0.5) is 11.4 Å². The van der Waals surface area contributed by atoms with E-state index in [2.05, 4.69) is 12.1 Å². The van der Waals surface area contributed by atoms with E-state index in [0.717, 1.165) is 11.4 Å². The van der Waals surface area contributed by atoms with Crippen molar-refractivity contribution >= 4 is 11.4 Å². The van der Waals surface area contributed by atoms with Gasteiger partial charge in [0.25, 0.3) is 0 Å². The molecule has 0 saturated heterocycles. The molecule has 0 atom stereocenters. The van der Waals surface area contributed by atoms with Gasteiger partial charge in [-0.15, -0.1) is 12.1 Å². The predicted octanol–water partition coefficient (Wildman–Crippen LogP) is 2.14. The summed E-state index contributed by atoms with van der Waals surface area (Å²) in [5, 5.41) is 0. The molecule has 0 amide bonds. The van der Waals surface area contributed by atoms with Crippen molar-refractivity contribution in [3.63, 3.8) is 0 Å². The molecule has 0 bridgehead atoms. The number of hydrogen-bond donors (Lipinski definition) is 2. The quantitative estimate of drug-likeness (QED) is 0.553. The second kappa shape index (κ2) is 8.07. The molecule has 0 heterocycles. The number of benzene rings is 2. The maximum absolute atomic E-state index is 5.34. The molecule has 0 aliphatic heterocycles. The summed E-state index contributed by atoms with van der Waals surface area (Å²) in [5.74, 6) is 0. The minimum atomic E-state index is 0. The van der Waals surface area contributed by atoms with Crippen LogP contribution in [0.25, 0.3) is 0 Å². The average Bonchev–Trinajstić information content (AvgIpc) is 2.21. The fourth-order valence-corrected chi connectivity index (χ4v) is 0.807. The van der Waals surface area contributed by atoms with Crippen molar-refractivity contribution < 1.29 is 21.1 Å². The zero-order valence-corrected chi connectivity index (χ0v) is 11.1. The summed E-state index contributed by atoms with van der Waals surface area (Å²) in [6.45, 7) is 0. The Morgan fingerprint density at radius 3 is 1.73 bits per heavy atom. The molecule has 76 valence electrons. The molecular formula is C12H12N2W. The summed E-state index contributed by atoms with van der Waals surface area (Å²) >= 11 is 0. The molecule has 4 N–H and O–H groups in total. The molecule has 3 heteroatoms. The Morgan fingerprint density at radius 1 is 0.800 bits per heavy atom. The molecule has 2 nitrogen and oxygen atoms in total. The van der Waals surface area contributed by atoms with Gasteiger partial charge in [-0.3, -0.25) is 0 Å². The van der Waals surface area contributed by atoms with Gasteiger partial charge in [-0.25, -0.2) is 0 Å². The van der Waals surface area contributed by atoms with Crippen molar-refractivity contribution in [1.29, 1.82) is 0 Å². The molecule has 0 unspecified atom stereocenters. The smallest absolute Gasteiger partial charge is 0.449 e. The first-order valence-electron chi connectivity index (χ1n) is 4.22. The zero-order valence-electron chi connectivity index (χ0n) is 8.18. The molecule has 0 aliphatic rings. The molecule has 0 spiro atoms. The Balaban J connectivity index is 0.000000245. The van der Waals surface area contributed by atoms with E-state index in [1.165, 1.54) is 0 Å². The summed E-state index contributed by atoms with van der Waals surface area (Å²) in [5.41, 5.74) is 12.2. The molecule has 15 heavy (non-hydrogen) atoms. The maximum atomic E-state index is 5.34. The molecule has 0 aliphatic carbocycles. The maximum Gasteiger partial charge on any atom is 2.00 e. The van der Waals surface area contributed by atoms with E-state index < -0.39 is 0 Å². The van der Waals surface area contributed by atoms with Crippen LogP contribution < -0.4 is 11.5 Å². The first kappa shape index (κ1) is 13.7. The first-order valence-corrected chi connectivity index (χ1v) is 4.22. The number of nitrogen functional groups attached to an aromatic ring is 2. The Hall–Kier alpha value is -1.27. The van der Waals surface area contributed by atoms with Crippen LogP contribution in [-0.4, -0.2) is 0 Å². The van der Waals surface area contributed by atoms with Crippen LogP contribution in [0, 0.1) is 12.1 Å². The van der Waals surface area contributed by atoms with Gasteiger partial charge >= 0.3 is 21.1 Å². The fourth-order valence-electron chi connectivity index (χ4n) is 0.807. The minimum absolute atomic E-state index is 0. The molecular weight excluding hydrogens is 356 g/mol. The first-order chi connectivity index (χ1) is 6.79. The van der Waals surface area contributed by atoms with Crippen molar-refractivity contribution in [3.05, 3.63) is 60.7 Å². The van der Waals surface area contributed by atoms with E-state index in [1.807, 2.05) is 18.2 Å². The van der Waals surface area contributed by atoms with E-state index in [4.69, 9.17) is 11.5 Å². The van der Waals surface area contributed by atoms with Crippen molar-refractivity contribution in [2.24, 2.45) is 0 Å². The summed E-state index contributed by atoms with van der Waals surface area (Å²) < 4.78 is 0. The van der Waals surface area contributed by atoms with Crippen LogP contribution >= 0.6 is 0 Å². The SMILES string of the molecule is Nc1c[c-]ccc1.Nc1cc[c-]cc1.[W+2]. The third-order valence-electron chi connectivity index (χ3n) is 1.48. The van der Waals surface area contributed by atoms with Crippen molar-refractivity contribution in [1.82, 2.24) is 0 Å². The molecule has 0 saturated carbocycles. The van der Waals surface area contributed by atoms with Crippen molar-refractivity contribution in [2.45, 2.75) is 0 Å². The van der Waals surface area contributed by atoms with Gasteiger partial charge < -0.3 is 11.5 Å². The number of nitrogens with two attached hydrogens (primary N) is 2. The monoisotopic (exact) mass is 368 g/mol. The van der Waals surface area contributed by atoms with Gasteiger partial charge in [-0.1, -0.05) is 11.4 Å². The van der Waals surface area contributed by atoms with Crippen molar-refractivity contribution in [3.8, 4) is 0 Å². The Labute approximate surface area is 105 Å². The standard InChI is InChI=1S/2C6H6N.W/c2*7-6-4-2-1-3-5-6;/h2-5H,7H2;1-2,4-5H,7H2;/q2*-1;+2. The van der Waals surface area contributed by atoms with Crippen molar-refractivity contribution in [2.75, 3.05) is 11.5 Å². The third kappa shape index (κ3) is 6.75. The second-order valence-corrected chi connectivity index (χ2v) is 2.67. The molecule has 2 rings (SSSR count). The van der Waals surface area contributed by atoms with E-state index >= 15 is 0 Å². The fraction of sp³-hybridized carbons (Fsp3) is 0. The summed E-state index contributed by atoms with van der Waals surface area (Å²) in [6.07, 6.45) is 0. The van der Waals surface area contributed by atoms with Gasteiger partial charge in [0.05, 0.1) is 0 Å². The van der Waals surface area contributed by atoms with Crippen LogP contribution in [0.1, 0.15) is 0 Å². The Morgan fingerprint density at radius 2 is 1.47 bits per heavy atom. The Bertz CT molecular complexity index is 311. The largest absolute Gasteiger partial charge is 2.00 e. The average molecular weight is 368 g/mol. The summed E-state index contributed by atoms with van der Waals surface area (Å²) in [7, 11) is 0. The van der Waals surface area contributed by atoms with Gasteiger partial charge in [-0.2, -0.15) is 48.5 Å². The van der Waals surface area contributed by atoms with Gasteiger partial charge in [0, 0.05) is 0 Å². The number of anilines is 2. The van der Waals surface area contributed by atoms with Gasteiger partial charge in [0.2, 0.25) is 0 Å². The van der Waals surface area contributed by atoms with Crippen LogP contribution in [-0.2, 0) is 21.1 Å². The molecule has 2 aromatic carbocycles. The van der Waals surface area contributed by atoms with Gasteiger partial charge in [0.15, 0.2) is 0 Å². The number of rotatable bonds is 0. The van der Waals surface area contributed by atoms with Crippen LogP contribution in [0.3, 0.4) is 0 Å². The predicted molar refractivity (Wildman–Crippen MR) is 59.4 cm³/mol. The van der Waals surface area contributed by atoms with Crippen LogP contribution in [0.5, 0.6) is 0 Å². The zero-order chi connectivity index (χ0) is 10.2. The van der Waals surface area contributed by atoms with Gasteiger partial charge in [0.1, 0.15) is 0 Å². The second-order valence-electron chi connectivity index (χ2n) is 2.67. The van der Waals surface area contributed by atoms with E-state index in [-0.39, 0.29) is 21.1 Å². The third-order valence-corrected chi connectivity index (χ3v) is 1.48. The summed E-state index contributed by atoms with van der Waals surface area (Å²) in [6, 6.07) is 20.1. The van der Waals surface area contributed by atoms with E-state index in [9.17, 15) is 0 Å². The van der Waals surface area contributed by atoms with Gasteiger partial charge in [-0.05, 0) is 0 Å². The molecule has 0 fully saturated rings. The normalized spacial score (nSPS) is 8.00. The molecule has 2 aromatic rings. The summed E-state index contributed by atoms with van der Waals surface area (Å²) in [4.78, 5) is 0. The molecule has 0 aromatic heterocycles. The van der Waals surface area contributed by atoms with Crippen LogP contribution in [0.2, 0.25) is 0 Å². The van der Waals surface area contributed by atoms with Crippen LogP contribution in [0.15, 0.2) is 48.5 Å². The van der Waals surface area contributed by atoms with E-state index in [1.54, 1.807) is 30.3 Å². The Kier molecular flexibility index (Phi) is 7.39. The minimum Gasteiger partial charge on any atom is -0.449 e. The van der Waals surface area contributed by atoms with E-state index in [0.29, 0.717) is 0 Å². The molecule has 0 radical (unpaired) electrons. The number of hydrogen-bond acceptors (Lipinski definition) is 2.